The number of amides is 2. The molecule has 2 atom stereocenters. The van der Waals surface area contributed by atoms with Gasteiger partial charge < -0.3 is 25.2 Å². The molecule has 0 unspecified atom stereocenters. The van der Waals surface area contributed by atoms with Gasteiger partial charge in [0.1, 0.15) is 24.2 Å². The minimum atomic E-state index is -0.838. The number of thioether (sulfide) groups is 1. The van der Waals surface area contributed by atoms with Crippen LogP contribution in [0.1, 0.15) is 31.2 Å². The van der Waals surface area contributed by atoms with Gasteiger partial charge in [0.25, 0.3) is 0 Å². The van der Waals surface area contributed by atoms with Crippen LogP contribution in [-0.2, 0) is 16.0 Å². The maximum absolute atomic E-state index is 12.4. The molecule has 0 aromatic heterocycles. The number of rotatable bonds is 12. The van der Waals surface area contributed by atoms with Gasteiger partial charge in [0, 0.05) is 35.9 Å². The van der Waals surface area contributed by atoms with Crippen molar-refractivity contribution in [3.63, 3.8) is 0 Å². The Balaban J connectivity index is 1.45. The highest BCUT2D eigenvalue weighted by Crippen LogP contribution is 2.30. The lowest BCUT2D eigenvalue weighted by molar-refractivity contribution is -0.123. The zero-order valence-electron chi connectivity index (χ0n) is 19.1. The van der Waals surface area contributed by atoms with Crippen LogP contribution in [0.3, 0.4) is 0 Å². The molecular weight excluding hydrogens is 440 g/mol. The second kappa shape index (κ2) is 12.0. The average Bonchev–Trinajstić information content (AvgIpc) is 3.21. The fourth-order valence-electron chi connectivity index (χ4n) is 3.93. The predicted octanol–water partition coefficient (Wildman–Crippen LogP) is 2.94. The van der Waals surface area contributed by atoms with Crippen LogP contribution in [0.15, 0.2) is 53.4 Å². The second-order valence-electron chi connectivity index (χ2n) is 8.30. The van der Waals surface area contributed by atoms with Crippen molar-refractivity contribution in [3.8, 4) is 11.5 Å². The van der Waals surface area contributed by atoms with Crippen LogP contribution in [0.25, 0.3) is 0 Å². The van der Waals surface area contributed by atoms with Crippen molar-refractivity contribution in [2.45, 2.75) is 48.6 Å². The fourth-order valence-corrected chi connectivity index (χ4v) is 4.34. The number of aliphatic hydroxyl groups excluding tert-OH is 1. The van der Waals surface area contributed by atoms with Crippen LogP contribution in [0.4, 0.5) is 0 Å². The van der Waals surface area contributed by atoms with E-state index in [9.17, 15) is 14.7 Å². The molecule has 0 radical (unpaired) electrons. The number of carbonyl (C=O) groups is 2. The molecule has 7 nitrogen and oxygen atoms in total. The molecule has 178 valence electrons. The van der Waals surface area contributed by atoms with Crippen molar-refractivity contribution in [1.29, 1.82) is 0 Å². The number of hydrogen-bond acceptors (Lipinski definition) is 6. The normalized spacial score (nSPS) is 18.5. The summed E-state index contributed by atoms with van der Waals surface area (Å²) in [7, 11) is 1.58. The number of methoxy groups -OCH3 is 1. The molecule has 2 amide bonds. The monoisotopic (exact) mass is 472 g/mol. The summed E-state index contributed by atoms with van der Waals surface area (Å²) in [6.07, 6.45) is 3.89. The first kappa shape index (κ1) is 24.9. The van der Waals surface area contributed by atoms with E-state index in [0.717, 1.165) is 5.56 Å². The molecule has 1 saturated heterocycles. The van der Waals surface area contributed by atoms with Gasteiger partial charge in [-0.25, -0.2) is 0 Å². The molecule has 8 heteroatoms. The van der Waals surface area contributed by atoms with Gasteiger partial charge in [0.2, 0.25) is 11.8 Å². The van der Waals surface area contributed by atoms with Crippen molar-refractivity contribution in [3.05, 3.63) is 54.1 Å². The number of aliphatic hydroxyl groups is 1. The summed E-state index contributed by atoms with van der Waals surface area (Å²) in [6.45, 7) is 0.151. The third-order valence-corrected chi connectivity index (χ3v) is 6.53. The number of hydrogen-bond donors (Lipinski definition) is 3. The predicted molar refractivity (Wildman–Crippen MR) is 129 cm³/mol. The van der Waals surface area contributed by atoms with Crippen molar-refractivity contribution in [2.24, 2.45) is 0 Å². The first-order valence-electron chi connectivity index (χ1n) is 11.1. The van der Waals surface area contributed by atoms with Gasteiger partial charge in [0.15, 0.2) is 0 Å². The largest absolute Gasteiger partial charge is 0.497 e. The Hall–Kier alpha value is -2.71. The highest BCUT2D eigenvalue weighted by molar-refractivity contribution is 7.98. The van der Waals surface area contributed by atoms with Crippen LogP contribution in [0.2, 0.25) is 0 Å². The molecule has 0 aliphatic carbocycles. The Labute approximate surface area is 199 Å². The van der Waals surface area contributed by atoms with Crippen molar-refractivity contribution < 1.29 is 24.2 Å². The molecule has 2 aromatic carbocycles. The Kier molecular flexibility index (Phi) is 9.03. The van der Waals surface area contributed by atoms with Gasteiger partial charge in [-0.1, -0.05) is 18.2 Å². The number of nitrogens with one attached hydrogen (secondary N) is 2. The van der Waals surface area contributed by atoms with Crippen LogP contribution < -0.4 is 20.1 Å². The summed E-state index contributed by atoms with van der Waals surface area (Å²) in [5, 5.41) is 16.0. The van der Waals surface area contributed by atoms with E-state index < -0.39 is 11.6 Å². The van der Waals surface area contributed by atoms with Gasteiger partial charge in [-0.3, -0.25) is 9.59 Å². The van der Waals surface area contributed by atoms with Gasteiger partial charge in [-0.15, -0.1) is 11.8 Å². The zero-order valence-corrected chi connectivity index (χ0v) is 20.0. The molecular formula is C25H32N2O5S. The van der Waals surface area contributed by atoms with E-state index in [1.807, 2.05) is 12.3 Å². The Morgan fingerprint density at radius 1 is 1.24 bits per heavy atom. The molecule has 0 spiro atoms. The molecule has 0 saturated carbocycles. The molecule has 1 aliphatic rings. The lowest BCUT2D eigenvalue weighted by Gasteiger charge is -2.29. The van der Waals surface area contributed by atoms with E-state index in [1.165, 1.54) is 4.90 Å². The number of ether oxygens (including phenoxy) is 2. The van der Waals surface area contributed by atoms with Gasteiger partial charge in [-0.05, 0) is 55.3 Å². The highest BCUT2D eigenvalue weighted by Gasteiger charge is 2.37. The molecule has 1 fully saturated rings. The molecule has 0 bridgehead atoms. The minimum absolute atomic E-state index is 0.0289. The smallest absolute Gasteiger partial charge is 0.220 e. The topological polar surface area (TPSA) is 96.9 Å². The van der Waals surface area contributed by atoms with Crippen LogP contribution >= 0.6 is 11.8 Å². The van der Waals surface area contributed by atoms with Crippen LogP contribution in [0, 0.1) is 0 Å². The van der Waals surface area contributed by atoms with Crippen LogP contribution in [-0.4, -0.2) is 55.1 Å². The molecule has 1 aliphatic heterocycles. The van der Waals surface area contributed by atoms with Crippen molar-refractivity contribution in [1.82, 2.24) is 10.6 Å². The van der Waals surface area contributed by atoms with E-state index >= 15 is 0 Å². The minimum Gasteiger partial charge on any atom is -0.497 e. The summed E-state index contributed by atoms with van der Waals surface area (Å²) < 4.78 is 10.7. The van der Waals surface area contributed by atoms with Gasteiger partial charge >= 0.3 is 0 Å². The maximum Gasteiger partial charge on any atom is 0.220 e. The van der Waals surface area contributed by atoms with Gasteiger partial charge in [-0.2, -0.15) is 0 Å². The molecule has 1 heterocycles. The fraction of sp³-hybridized carbons (Fsp3) is 0.440. The third kappa shape index (κ3) is 7.68. The SMILES string of the molecule is COc1cccc(OC[C@H](O)CNC(=O)CC[C@@]2(Cc3ccc(SC)cc3)CCC(=O)N2)c1. The van der Waals surface area contributed by atoms with E-state index in [4.69, 9.17) is 9.47 Å². The lowest BCUT2D eigenvalue weighted by atomic mass is 9.85. The Morgan fingerprint density at radius 2 is 2.00 bits per heavy atom. The van der Waals surface area contributed by atoms with E-state index in [0.29, 0.717) is 37.2 Å². The molecule has 3 rings (SSSR count). The Bertz CT molecular complexity index is 937. The molecule has 3 N–H and O–H groups in total. The van der Waals surface area contributed by atoms with Crippen molar-refractivity contribution in [2.75, 3.05) is 26.5 Å². The van der Waals surface area contributed by atoms with E-state index in [1.54, 1.807) is 37.1 Å². The zero-order chi connectivity index (χ0) is 23.7. The number of carbonyl (C=O) groups excluding carboxylic acids is 2. The lowest BCUT2D eigenvalue weighted by Crippen LogP contribution is -2.45. The summed E-state index contributed by atoms with van der Waals surface area (Å²) >= 11 is 1.69. The van der Waals surface area contributed by atoms with E-state index in [2.05, 4.69) is 34.9 Å². The molecule has 33 heavy (non-hydrogen) atoms. The number of benzene rings is 2. The van der Waals surface area contributed by atoms with Gasteiger partial charge in [0.05, 0.1) is 7.11 Å². The quantitative estimate of drug-likeness (QED) is 0.411. The average molecular weight is 473 g/mol. The third-order valence-electron chi connectivity index (χ3n) is 5.79. The van der Waals surface area contributed by atoms with Crippen LogP contribution in [0.5, 0.6) is 11.5 Å². The second-order valence-corrected chi connectivity index (χ2v) is 9.18. The highest BCUT2D eigenvalue weighted by atomic mass is 32.2. The first-order chi connectivity index (χ1) is 15.9. The molecule has 2 aromatic rings. The summed E-state index contributed by atoms with van der Waals surface area (Å²) in [5.74, 6) is 1.13. The summed E-state index contributed by atoms with van der Waals surface area (Å²) in [5.41, 5.74) is 0.726. The summed E-state index contributed by atoms with van der Waals surface area (Å²) in [6, 6.07) is 15.4. The standard InChI is InChI=1S/C25H32N2O5S/c1-31-20-4-3-5-21(14-20)32-17-19(28)16-26-23(29)10-12-25(13-11-24(30)27-25)15-18-6-8-22(33-2)9-7-18/h3-9,14,19,28H,10-13,15-17H2,1-2H3,(H,26,29)(H,27,30)/t19-,25+/m1/s1. The van der Waals surface area contributed by atoms with Crippen molar-refractivity contribution >= 4 is 23.6 Å². The maximum atomic E-state index is 12.4. The first-order valence-corrected chi connectivity index (χ1v) is 12.3. The summed E-state index contributed by atoms with van der Waals surface area (Å²) in [4.78, 5) is 25.6. The van der Waals surface area contributed by atoms with E-state index in [-0.39, 0.29) is 31.4 Å². The Morgan fingerprint density at radius 3 is 2.67 bits per heavy atom.